The van der Waals surface area contributed by atoms with Crippen molar-refractivity contribution in [3.8, 4) is 17.2 Å². The average molecular weight is 348 g/mol. The minimum absolute atomic E-state index is 0.216. The molecule has 0 heterocycles. The summed E-state index contributed by atoms with van der Waals surface area (Å²) in [5, 5.41) is 0. The Labute approximate surface area is 150 Å². The maximum absolute atomic E-state index is 11.8. The van der Waals surface area contributed by atoms with Crippen LogP contribution in [-0.4, -0.2) is 33.4 Å². The molecule has 1 rings (SSSR count). The number of rotatable bonds is 10. The van der Waals surface area contributed by atoms with Crippen molar-refractivity contribution in [2.24, 2.45) is 0 Å². The van der Waals surface area contributed by atoms with Gasteiger partial charge in [0.15, 0.2) is 0 Å². The molecule has 138 valence electrons. The first-order valence-corrected chi connectivity index (χ1v) is 8.23. The monoisotopic (exact) mass is 348 g/mol. The minimum Gasteiger partial charge on any atom is -0.496 e. The molecule has 5 nitrogen and oxygen atoms in total. The normalized spacial score (nSPS) is 11.9. The zero-order valence-corrected chi connectivity index (χ0v) is 15.8. The number of esters is 1. The molecule has 25 heavy (non-hydrogen) atoms. The van der Waals surface area contributed by atoms with Crippen molar-refractivity contribution >= 4 is 12.0 Å². The molecule has 0 amide bonds. The molecule has 0 saturated heterocycles. The third-order valence-electron chi connectivity index (χ3n) is 3.59. The van der Waals surface area contributed by atoms with E-state index in [-0.39, 0.29) is 12.1 Å². The van der Waals surface area contributed by atoms with Crippen molar-refractivity contribution in [2.75, 3.05) is 21.3 Å². The number of hydrogen-bond donors (Lipinski definition) is 0. The second-order valence-corrected chi connectivity index (χ2v) is 5.81. The van der Waals surface area contributed by atoms with Crippen LogP contribution in [0.15, 0.2) is 30.4 Å². The Kier molecular flexibility index (Phi) is 8.61. The first kappa shape index (κ1) is 20.6. The molecular weight excluding hydrogens is 320 g/mol. The summed E-state index contributed by atoms with van der Waals surface area (Å²) in [5.41, 5.74) is 1.83. The summed E-state index contributed by atoms with van der Waals surface area (Å²) in [4.78, 5) is 11.8. The Balaban J connectivity index is 2.76. The van der Waals surface area contributed by atoms with Crippen LogP contribution < -0.4 is 14.2 Å². The lowest BCUT2D eigenvalue weighted by molar-refractivity contribution is -0.146. The fourth-order valence-corrected chi connectivity index (χ4v) is 2.27. The standard InChI is InChI=1S/C20H28O5/c1-14(2)8-7-9-20(21)25-15(3)10-11-17-18(23-5)12-16(22-4)13-19(17)24-6/h10-13,15H,1,7-9H2,2-6H3/b11-10+/t15-/m0/s1. The SMILES string of the molecule is C=C(C)CCCC(=O)O[C@@H](C)/C=C/c1c(OC)cc(OC)cc1OC. The smallest absolute Gasteiger partial charge is 0.306 e. The van der Waals surface area contributed by atoms with Gasteiger partial charge in [0, 0.05) is 18.6 Å². The van der Waals surface area contributed by atoms with Gasteiger partial charge in [-0.05, 0) is 38.8 Å². The molecule has 1 aromatic rings. The van der Waals surface area contributed by atoms with Gasteiger partial charge in [-0.2, -0.15) is 0 Å². The fourth-order valence-electron chi connectivity index (χ4n) is 2.27. The van der Waals surface area contributed by atoms with E-state index in [1.165, 1.54) is 0 Å². The molecule has 0 aliphatic rings. The van der Waals surface area contributed by atoms with Gasteiger partial charge in [0.25, 0.3) is 0 Å². The van der Waals surface area contributed by atoms with Gasteiger partial charge in [-0.25, -0.2) is 0 Å². The number of carbonyl (C=O) groups is 1. The summed E-state index contributed by atoms with van der Waals surface area (Å²) in [6.45, 7) is 7.59. The molecule has 5 heteroatoms. The first-order chi connectivity index (χ1) is 11.9. The Bertz CT molecular complexity index is 594. The topological polar surface area (TPSA) is 54.0 Å². The Morgan fingerprint density at radius 1 is 1.12 bits per heavy atom. The van der Waals surface area contributed by atoms with Crippen molar-refractivity contribution in [1.82, 2.24) is 0 Å². The van der Waals surface area contributed by atoms with E-state index in [0.717, 1.165) is 24.0 Å². The summed E-state index contributed by atoms with van der Waals surface area (Å²) in [7, 11) is 4.74. The molecule has 1 atom stereocenters. The van der Waals surface area contributed by atoms with Crippen LogP contribution in [0.3, 0.4) is 0 Å². The van der Waals surface area contributed by atoms with Gasteiger partial charge in [0.05, 0.1) is 26.9 Å². The molecule has 0 spiro atoms. The quantitative estimate of drug-likeness (QED) is 0.463. The van der Waals surface area contributed by atoms with E-state index >= 15 is 0 Å². The van der Waals surface area contributed by atoms with Crippen molar-refractivity contribution in [3.05, 3.63) is 35.9 Å². The third-order valence-corrected chi connectivity index (χ3v) is 3.59. The predicted molar refractivity (Wildman–Crippen MR) is 99.4 cm³/mol. The average Bonchev–Trinajstić information content (AvgIpc) is 2.58. The van der Waals surface area contributed by atoms with Crippen molar-refractivity contribution in [1.29, 1.82) is 0 Å². The van der Waals surface area contributed by atoms with Crippen LogP contribution in [-0.2, 0) is 9.53 Å². The van der Waals surface area contributed by atoms with E-state index in [1.807, 2.05) is 19.9 Å². The summed E-state index contributed by atoms with van der Waals surface area (Å²) in [5.74, 6) is 1.66. The van der Waals surface area contributed by atoms with Gasteiger partial charge in [0.2, 0.25) is 0 Å². The fraction of sp³-hybridized carbons (Fsp3) is 0.450. The van der Waals surface area contributed by atoms with E-state index in [2.05, 4.69) is 6.58 Å². The highest BCUT2D eigenvalue weighted by molar-refractivity contribution is 5.70. The Morgan fingerprint density at radius 3 is 2.20 bits per heavy atom. The molecule has 0 saturated carbocycles. The molecule has 0 N–H and O–H groups in total. The number of carbonyl (C=O) groups excluding carboxylic acids is 1. The zero-order chi connectivity index (χ0) is 18.8. The van der Waals surface area contributed by atoms with Gasteiger partial charge in [-0.1, -0.05) is 5.57 Å². The van der Waals surface area contributed by atoms with Crippen LogP contribution in [0.1, 0.15) is 38.7 Å². The van der Waals surface area contributed by atoms with Crippen LogP contribution in [0.25, 0.3) is 6.08 Å². The van der Waals surface area contributed by atoms with E-state index in [4.69, 9.17) is 18.9 Å². The molecule has 0 aromatic heterocycles. The maximum atomic E-state index is 11.8. The van der Waals surface area contributed by atoms with Crippen LogP contribution in [0, 0.1) is 0 Å². The molecule has 0 aliphatic heterocycles. The van der Waals surface area contributed by atoms with Gasteiger partial charge < -0.3 is 18.9 Å². The first-order valence-electron chi connectivity index (χ1n) is 8.23. The highest BCUT2D eigenvalue weighted by atomic mass is 16.5. The second-order valence-electron chi connectivity index (χ2n) is 5.81. The van der Waals surface area contributed by atoms with Crippen LogP contribution in [0.4, 0.5) is 0 Å². The van der Waals surface area contributed by atoms with Crippen LogP contribution in [0.5, 0.6) is 17.2 Å². The van der Waals surface area contributed by atoms with Crippen molar-refractivity contribution < 1.29 is 23.7 Å². The number of hydrogen-bond acceptors (Lipinski definition) is 5. The summed E-state index contributed by atoms with van der Waals surface area (Å²) < 4.78 is 21.4. The second kappa shape index (κ2) is 10.4. The number of methoxy groups -OCH3 is 3. The van der Waals surface area contributed by atoms with Crippen molar-refractivity contribution in [3.63, 3.8) is 0 Å². The highest BCUT2D eigenvalue weighted by Gasteiger charge is 2.12. The third kappa shape index (κ3) is 6.91. The lowest BCUT2D eigenvalue weighted by Crippen LogP contribution is -2.12. The van der Waals surface area contributed by atoms with E-state index < -0.39 is 0 Å². The lowest BCUT2D eigenvalue weighted by Gasteiger charge is -2.13. The number of allylic oxidation sites excluding steroid dienone is 1. The number of ether oxygens (including phenoxy) is 4. The van der Waals surface area contributed by atoms with Gasteiger partial charge >= 0.3 is 5.97 Å². The molecule has 0 fully saturated rings. The molecular formula is C20H28O5. The molecule has 1 aromatic carbocycles. The summed E-state index contributed by atoms with van der Waals surface area (Å²) in [6, 6.07) is 3.55. The van der Waals surface area contributed by atoms with E-state index in [0.29, 0.717) is 23.7 Å². The number of benzene rings is 1. The molecule has 0 radical (unpaired) electrons. The lowest BCUT2D eigenvalue weighted by atomic mass is 10.1. The van der Waals surface area contributed by atoms with Crippen molar-refractivity contribution in [2.45, 2.75) is 39.2 Å². The highest BCUT2D eigenvalue weighted by Crippen LogP contribution is 2.35. The zero-order valence-electron chi connectivity index (χ0n) is 15.8. The Morgan fingerprint density at radius 2 is 1.72 bits per heavy atom. The van der Waals surface area contributed by atoms with Gasteiger partial charge in [-0.15, -0.1) is 6.58 Å². The largest absolute Gasteiger partial charge is 0.496 e. The minimum atomic E-state index is -0.353. The van der Waals surface area contributed by atoms with E-state index in [9.17, 15) is 4.79 Å². The predicted octanol–water partition coefficient (Wildman–Crippen LogP) is 4.40. The molecule has 0 bridgehead atoms. The van der Waals surface area contributed by atoms with Gasteiger partial charge in [0.1, 0.15) is 23.4 Å². The summed E-state index contributed by atoms with van der Waals surface area (Å²) in [6.07, 6.45) is 5.24. The maximum Gasteiger partial charge on any atom is 0.306 e. The van der Waals surface area contributed by atoms with Crippen LogP contribution in [0.2, 0.25) is 0 Å². The summed E-state index contributed by atoms with van der Waals surface area (Å²) >= 11 is 0. The molecule has 0 unspecified atom stereocenters. The molecule has 0 aliphatic carbocycles. The Hall–Kier alpha value is -2.43. The van der Waals surface area contributed by atoms with Gasteiger partial charge in [-0.3, -0.25) is 4.79 Å². The van der Waals surface area contributed by atoms with E-state index in [1.54, 1.807) is 39.5 Å². The van der Waals surface area contributed by atoms with Crippen LogP contribution >= 0.6 is 0 Å².